The molecule has 0 saturated heterocycles. The summed E-state index contributed by atoms with van der Waals surface area (Å²) in [6, 6.07) is 0. The van der Waals surface area contributed by atoms with Gasteiger partial charge < -0.3 is 4.74 Å². The fourth-order valence-corrected chi connectivity index (χ4v) is 8.68. The summed E-state index contributed by atoms with van der Waals surface area (Å²) < 4.78 is 4.57. The molecule has 8 atom stereocenters. The van der Waals surface area contributed by atoms with Gasteiger partial charge in [0.15, 0.2) is 0 Å². The SMILES string of the molecule is C[C@H](CC#COC=O)[C@H]1CC[C@H]2[C@@H]3CCC4CCCC[C@]4(C)[C@H]3CC[C@]12C. The minimum Gasteiger partial charge on any atom is -0.375 e. The van der Waals surface area contributed by atoms with Crippen LogP contribution in [0.2, 0.25) is 0 Å². The molecule has 150 valence electrons. The lowest BCUT2D eigenvalue weighted by Gasteiger charge is -2.60. The number of fused-ring (bicyclic) bond motifs is 5. The molecule has 2 nitrogen and oxygen atoms in total. The molecule has 4 aliphatic carbocycles. The highest BCUT2D eigenvalue weighted by atomic mass is 16.5. The number of rotatable bonds is 3. The van der Waals surface area contributed by atoms with E-state index in [2.05, 4.69) is 37.5 Å². The summed E-state index contributed by atoms with van der Waals surface area (Å²) in [5, 5.41) is 0. The monoisotopic (exact) mass is 370 g/mol. The molecule has 4 fully saturated rings. The van der Waals surface area contributed by atoms with Crippen LogP contribution in [0.4, 0.5) is 0 Å². The van der Waals surface area contributed by atoms with E-state index in [0.29, 0.717) is 23.2 Å². The van der Waals surface area contributed by atoms with Crippen LogP contribution in [0.3, 0.4) is 0 Å². The van der Waals surface area contributed by atoms with Gasteiger partial charge in [-0.3, -0.25) is 4.79 Å². The van der Waals surface area contributed by atoms with Crippen molar-refractivity contribution in [2.75, 3.05) is 0 Å². The minimum atomic E-state index is 0.425. The number of carbonyl (C=O) groups is 1. The molecule has 27 heavy (non-hydrogen) atoms. The summed E-state index contributed by atoms with van der Waals surface area (Å²) in [5.41, 5.74) is 1.15. The Bertz CT molecular complexity index is 616. The fourth-order valence-electron chi connectivity index (χ4n) is 8.68. The summed E-state index contributed by atoms with van der Waals surface area (Å²) in [7, 11) is 0. The third kappa shape index (κ3) is 3.14. The summed E-state index contributed by atoms with van der Waals surface area (Å²) in [5.74, 6) is 8.37. The van der Waals surface area contributed by atoms with Gasteiger partial charge in [0.2, 0.25) is 0 Å². The van der Waals surface area contributed by atoms with E-state index >= 15 is 0 Å². The molecular weight excluding hydrogens is 332 g/mol. The van der Waals surface area contributed by atoms with Crippen molar-refractivity contribution in [1.82, 2.24) is 0 Å². The second-order valence-corrected chi connectivity index (χ2v) is 10.8. The van der Waals surface area contributed by atoms with E-state index in [-0.39, 0.29) is 0 Å². The van der Waals surface area contributed by atoms with Crippen LogP contribution in [-0.4, -0.2) is 6.47 Å². The minimum absolute atomic E-state index is 0.425. The summed E-state index contributed by atoms with van der Waals surface area (Å²) >= 11 is 0. The van der Waals surface area contributed by atoms with Gasteiger partial charge in [-0.1, -0.05) is 39.5 Å². The van der Waals surface area contributed by atoms with E-state index in [1.807, 2.05) is 0 Å². The van der Waals surface area contributed by atoms with Gasteiger partial charge in [0, 0.05) is 6.42 Å². The van der Waals surface area contributed by atoms with Gasteiger partial charge in [0.25, 0.3) is 0 Å². The molecule has 1 unspecified atom stereocenters. The van der Waals surface area contributed by atoms with Gasteiger partial charge in [-0.2, -0.15) is 0 Å². The molecule has 4 rings (SSSR count). The maximum absolute atomic E-state index is 10.3. The van der Waals surface area contributed by atoms with Crippen molar-refractivity contribution in [3.8, 4) is 12.0 Å². The van der Waals surface area contributed by atoms with Crippen molar-refractivity contribution in [2.45, 2.75) is 91.4 Å². The van der Waals surface area contributed by atoms with Crippen LogP contribution in [0, 0.1) is 58.4 Å². The first-order chi connectivity index (χ1) is 13.0. The molecule has 2 heteroatoms. The van der Waals surface area contributed by atoms with Crippen molar-refractivity contribution >= 4 is 6.47 Å². The Morgan fingerprint density at radius 2 is 1.81 bits per heavy atom. The van der Waals surface area contributed by atoms with Gasteiger partial charge >= 0.3 is 6.47 Å². The maximum atomic E-state index is 10.3. The normalized spacial score (nSPS) is 46.9. The van der Waals surface area contributed by atoms with Crippen LogP contribution in [0.1, 0.15) is 91.4 Å². The van der Waals surface area contributed by atoms with E-state index in [0.717, 1.165) is 36.0 Å². The molecule has 0 aromatic heterocycles. The number of hydrogen-bond acceptors (Lipinski definition) is 2. The highest BCUT2D eigenvalue weighted by Crippen LogP contribution is 2.68. The van der Waals surface area contributed by atoms with E-state index in [4.69, 9.17) is 0 Å². The number of ether oxygens (including phenoxy) is 1. The van der Waals surface area contributed by atoms with Gasteiger partial charge in [0.1, 0.15) is 6.11 Å². The first-order valence-corrected chi connectivity index (χ1v) is 11.6. The molecule has 4 aliphatic rings. The van der Waals surface area contributed by atoms with Crippen molar-refractivity contribution in [3.05, 3.63) is 0 Å². The quantitative estimate of drug-likeness (QED) is 0.437. The molecule has 0 aromatic carbocycles. The first kappa shape index (κ1) is 19.4. The lowest BCUT2D eigenvalue weighted by atomic mass is 9.44. The Kier molecular flexibility index (Phi) is 5.34. The second kappa shape index (κ2) is 7.46. The van der Waals surface area contributed by atoms with Crippen molar-refractivity contribution in [2.24, 2.45) is 46.3 Å². The lowest BCUT2D eigenvalue weighted by molar-refractivity contribution is -0.122. The average molecular weight is 371 g/mol. The third-order valence-corrected chi connectivity index (χ3v) is 9.95. The third-order valence-electron chi connectivity index (χ3n) is 9.95. The molecule has 0 aliphatic heterocycles. The smallest absolute Gasteiger partial charge is 0.307 e. The Hall–Kier alpha value is -0.970. The van der Waals surface area contributed by atoms with Gasteiger partial charge in [-0.05, 0) is 97.7 Å². The van der Waals surface area contributed by atoms with E-state index in [1.165, 1.54) is 64.2 Å². The van der Waals surface area contributed by atoms with Gasteiger partial charge in [-0.25, -0.2) is 0 Å². The maximum Gasteiger partial charge on any atom is 0.307 e. The Morgan fingerprint density at radius 3 is 2.63 bits per heavy atom. The molecule has 0 heterocycles. The van der Waals surface area contributed by atoms with Gasteiger partial charge in [0.05, 0.1) is 0 Å². The predicted octanol–water partition coefficient (Wildman–Crippen LogP) is 6.20. The topological polar surface area (TPSA) is 26.3 Å². The highest BCUT2D eigenvalue weighted by molar-refractivity contribution is 5.39. The van der Waals surface area contributed by atoms with E-state index in [1.54, 1.807) is 0 Å². The van der Waals surface area contributed by atoms with Crippen LogP contribution < -0.4 is 0 Å². The zero-order valence-electron chi connectivity index (χ0n) is 17.6. The largest absolute Gasteiger partial charge is 0.375 e. The summed E-state index contributed by atoms with van der Waals surface area (Å²) in [6.45, 7) is 8.09. The molecule has 0 radical (unpaired) electrons. The molecular formula is C25H38O2. The molecule has 0 bridgehead atoms. The average Bonchev–Trinajstić information content (AvgIpc) is 3.02. The summed E-state index contributed by atoms with van der Waals surface area (Å²) in [6.07, 6.45) is 18.0. The Balaban J connectivity index is 1.50. The standard InChI is InChI=1S/C25H38O2/c1-18(7-6-16-27-17-26)21-11-12-22-20-10-9-19-8-4-5-14-24(19,2)23(20)13-15-25(21,22)3/h17-23H,4-5,7-15H2,1-3H3/t18-,19?,20+,21-,22+,23+,24+,25-/m1/s1. The predicted molar refractivity (Wildman–Crippen MR) is 109 cm³/mol. The van der Waals surface area contributed by atoms with Crippen molar-refractivity contribution in [1.29, 1.82) is 0 Å². The highest BCUT2D eigenvalue weighted by Gasteiger charge is 2.59. The van der Waals surface area contributed by atoms with Crippen LogP contribution >= 0.6 is 0 Å². The first-order valence-electron chi connectivity index (χ1n) is 11.6. The van der Waals surface area contributed by atoms with E-state index < -0.39 is 0 Å². The number of carbonyl (C=O) groups excluding carboxylic acids is 1. The molecule has 4 saturated carbocycles. The Morgan fingerprint density at radius 1 is 1.00 bits per heavy atom. The molecule has 0 N–H and O–H groups in total. The van der Waals surface area contributed by atoms with Crippen LogP contribution in [0.15, 0.2) is 0 Å². The fraction of sp³-hybridized carbons (Fsp3) is 0.880. The molecule has 0 amide bonds. The second-order valence-electron chi connectivity index (χ2n) is 10.8. The molecule has 0 aromatic rings. The van der Waals surface area contributed by atoms with Crippen molar-refractivity contribution in [3.63, 3.8) is 0 Å². The van der Waals surface area contributed by atoms with Crippen LogP contribution in [-0.2, 0) is 9.53 Å². The number of hydrogen-bond donors (Lipinski definition) is 0. The van der Waals surface area contributed by atoms with Crippen LogP contribution in [0.5, 0.6) is 0 Å². The van der Waals surface area contributed by atoms with Crippen LogP contribution in [0.25, 0.3) is 0 Å². The zero-order valence-corrected chi connectivity index (χ0v) is 17.6. The lowest BCUT2D eigenvalue weighted by Crippen LogP contribution is -2.53. The Labute approximate surface area is 166 Å². The summed E-state index contributed by atoms with van der Waals surface area (Å²) in [4.78, 5) is 10.3. The van der Waals surface area contributed by atoms with Gasteiger partial charge in [-0.15, -0.1) is 0 Å². The molecule has 0 spiro atoms. The van der Waals surface area contributed by atoms with Crippen molar-refractivity contribution < 1.29 is 9.53 Å². The van der Waals surface area contributed by atoms with E-state index in [9.17, 15) is 4.79 Å². The zero-order chi connectivity index (χ0) is 19.1.